The molecule has 6 heteroatoms. The van der Waals surface area contributed by atoms with E-state index in [-0.39, 0.29) is 23.9 Å². The Kier molecular flexibility index (Phi) is 6.96. The SMILES string of the molecule is CCOc1ccc(NC(=O)N2CCC(NC(=O)C3CCCCC3)CC2)cc1. The average Bonchev–Trinajstić information content (AvgIpc) is 2.71. The Morgan fingerprint density at radius 2 is 1.70 bits per heavy atom. The summed E-state index contributed by atoms with van der Waals surface area (Å²) in [6.45, 7) is 3.89. The lowest BCUT2D eigenvalue weighted by Gasteiger charge is -2.33. The fourth-order valence-corrected chi connectivity index (χ4v) is 3.91. The molecule has 1 aromatic carbocycles. The molecule has 1 saturated heterocycles. The molecule has 3 amide bonds. The van der Waals surface area contributed by atoms with E-state index in [2.05, 4.69) is 10.6 Å². The van der Waals surface area contributed by atoms with E-state index >= 15 is 0 Å². The van der Waals surface area contributed by atoms with Crippen LogP contribution < -0.4 is 15.4 Å². The first-order valence-corrected chi connectivity index (χ1v) is 10.2. The zero-order valence-corrected chi connectivity index (χ0v) is 16.2. The number of anilines is 1. The zero-order valence-electron chi connectivity index (χ0n) is 16.2. The maximum atomic E-state index is 12.5. The average molecular weight is 373 g/mol. The summed E-state index contributed by atoms with van der Waals surface area (Å²) in [6.07, 6.45) is 7.27. The van der Waals surface area contributed by atoms with Gasteiger partial charge in [0.25, 0.3) is 0 Å². The van der Waals surface area contributed by atoms with Crippen molar-refractivity contribution >= 4 is 17.6 Å². The van der Waals surface area contributed by atoms with E-state index < -0.39 is 0 Å². The Hall–Kier alpha value is -2.24. The minimum Gasteiger partial charge on any atom is -0.494 e. The fourth-order valence-electron chi connectivity index (χ4n) is 3.91. The molecule has 2 aliphatic rings. The summed E-state index contributed by atoms with van der Waals surface area (Å²) < 4.78 is 5.41. The van der Waals surface area contributed by atoms with Crippen LogP contribution in [0.3, 0.4) is 0 Å². The number of nitrogens with one attached hydrogen (secondary N) is 2. The van der Waals surface area contributed by atoms with Crippen molar-refractivity contribution in [2.24, 2.45) is 5.92 Å². The van der Waals surface area contributed by atoms with Crippen LogP contribution in [0.4, 0.5) is 10.5 Å². The zero-order chi connectivity index (χ0) is 19.1. The number of benzene rings is 1. The largest absolute Gasteiger partial charge is 0.494 e. The lowest BCUT2D eigenvalue weighted by Crippen LogP contribution is -2.49. The van der Waals surface area contributed by atoms with Gasteiger partial charge in [-0.25, -0.2) is 4.79 Å². The number of amides is 3. The van der Waals surface area contributed by atoms with Gasteiger partial charge < -0.3 is 20.3 Å². The molecule has 0 radical (unpaired) electrons. The summed E-state index contributed by atoms with van der Waals surface area (Å²) in [5, 5.41) is 6.14. The number of nitrogens with zero attached hydrogens (tertiary/aromatic N) is 1. The number of urea groups is 1. The molecule has 1 heterocycles. The van der Waals surface area contributed by atoms with Gasteiger partial charge in [-0.2, -0.15) is 0 Å². The van der Waals surface area contributed by atoms with Crippen molar-refractivity contribution in [3.63, 3.8) is 0 Å². The van der Waals surface area contributed by atoms with Crippen LogP contribution >= 0.6 is 0 Å². The summed E-state index contributed by atoms with van der Waals surface area (Å²) in [4.78, 5) is 26.7. The van der Waals surface area contributed by atoms with Crippen LogP contribution in [0.1, 0.15) is 51.9 Å². The molecule has 0 aromatic heterocycles. The Bertz CT molecular complexity index is 618. The minimum atomic E-state index is -0.0868. The Labute approximate surface area is 161 Å². The molecule has 0 unspecified atom stereocenters. The third-order valence-electron chi connectivity index (χ3n) is 5.52. The first-order valence-electron chi connectivity index (χ1n) is 10.2. The minimum absolute atomic E-state index is 0.0868. The molecule has 0 spiro atoms. The van der Waals surface area contributed by atoms with Crippen LogP contribution in [0.15, 0.2) is 24.3 Å². The van der Waals surface area contributed by atoms with Gasteiger partial charge in [-0.05, 0) is 56.9 Å². The third kappa shape index (κ3) is 5.62. The van der Waals surface area contributed by atoms with Crippen molar-refractivity contribution in [2.45, 2.75) is 57.9 Å². The van der Waals surface area contributed by atoms with Crippen molar-refractivity contribution in [1.29, 1.82) is 0 Å². The highest BCUT2D eigenvalue weighted by molar-refractivity contribution is 5.89. The molecule has 2 fully saturated rings. The maximum absolute atomic E-state index is 12.5. The monoisotopic (exact) mass is 373 g/mol. The van der Waals surface area contributed by atoms with Crippen LogP contribution in [-0.4, -0.2) is 42.6 Å². The molecule has 3 rings (SSSR count). The normalized spacial score (nSPS) is 18.8. The number of carbonyl (C=O) groups excluding carboxylic acids is 2. The molecule has 1 saturated carbocycles. The second kappa shape index (κ2) is 9.62. The topological polar surface area (TPSA) is 70.7 Å². The number of ether oxygens (including phenoxy) is 1. The molecule has 1 aromatic rings. The number of piperidine rings is 1. The molecular formula is C21H31N3O3. The van der Waals surface area contributed by atoms with Gasteiger partial charge in [0.05, 0.1) is 6.61 Å². The molecule has 2 N–H and O–H groups in total. The number of carbonyl (C=O) groups is 2. The summed E-state index contributed by atoms with van der Waals surface area (Å²) in [7, 11) is 0. The van der Waals surface area contributed by atoms with Crippen molar-refractivity contribution in [3.8, 4) is 5.75 Å². The van der Waals surface area contributed by atoms with E-state index in [4.69, 9.17) is 4.74 Å². The van der Waals surface area contributed by atoms with E-state index in [1.54, 1.807) is 0 Å². The molecule has 0 bridgehead atoms. The van der Waals surface area contributed by atoms with Gasteiger partial charge in [0.1, 0.15) is 5.75 Å². The Morgan fingerprint density at radius 1 is 1.04 bits per heavy atom. The number of hydrogen-bond donors (Lipinski definition) is 2. The van der Waals surface area contributed by atoms with Crippen LogP contribution in [-0.2, 0) is 4.79 Å². The van der Waals surface area contributed by atoms with Crippen molar-refractivity contribution in [3.05, 3.63) is 24.3 Å². The van der Waals surface area contributed by atoms with Gasteiger partial charge in [-0.1, -0.05) is 19.3 Å². The summed E-state index contributed by atoms with van der Waals surface area (Å²) in [5.41, 5.74) is 0.760. The van der Waals surface area contributed by atoms with E-state index in [9.17, 15) is 9.59 Å². The highest BCUT2D eigenvalue weighted by atomic mass is 16.5. The van der Waals surface area contributed by atoms with E-state index in [0.29, 0.717) is 19.7 Å². The lowest BCUT2D eigenvalue weighted by atomic mass is 9.88. The van der Waals surface area contributed by atoms with Crippen LogP contribution in [0, 0.1) is 5.92 Å². The Morgan fingerprint density at radius 3 is 2.33 bits per heavy atom. The maximum Gasteiger partial charge on any atom is 0.321 e. The van der Waals surface area contributed by atoms with Crippen molar-refractivity contribution < 1.29 is 14.3 Å². The molecule has 1 aliphatic carbocycles. The van der Waals surface area contributed by atoms with Gasteiger partial charge in [-0.15, -0.1) is 0 Å². The molecular weight excluding hydrogens is 342 g/mol. The molecule has 0 atom stereocenters. The lowest BCUT2D eigenvalue weighted by molar-refractivity contribution is -0.126. The standard InChI is InChI=1S/C21H31N3O3/c1-2-27-19-10-8-17(9-11-19)23-21(26)24-14-12-18(13-15-24)22-20(25)16-6-4-3-5-7-16/h8-11,16,18H,2-7,12-15H2,1H3,(H,22,25)(H,23,26). The van der Waals surface area contributed by atoms with Gasteiger partial charge in [0.15, 0.2) is 0 Å². The highest BCUT2D eigenvalue weighted by Gasteiger charge is 2.27. The highest BCUT2D eigenvalue weighted by Crippen LogP contribution is 2.24. The van der Waals surface area contributed by atoms with Crippen LogP contribution in [0.2, 0.25) is 0 Å². The number of likely N-dealkylation sites (tertiary alicyclic amines) is 1. The second-order valence-corrected chi connectivity index (χ2v) is 7.49. The number of hydrogen-bond acceptors (Lipinski definition) is 3. The predicted octanol–water partition coefficient (Wildman–Crippen LogP) is 3.78. The third-order valence-corrected chi connectivity index (χ3v) is 5.52. The van der Waals surface area contributed by atoms with Gasteiger partial charge >= 0.3 is 6.03 Å². The Balaban J connectivity index is 1.41. The van der Waals surface area contributed by atoms with Crippen molar-refractivity contribution in [2.75, 3.05) is 25.0 Å². The van der Waals surface area contributed by atoms with Crippen LogP contribution in [0.5, 0.6) is 5.75 Å². The summed E-state index contributed by atoms with van der Waals surface area (Å²) >= 11 is 0. The van der Waals surface area contributed by atoms with Crippen molar-refractivity contribution in [1.82, 2.24) is 10.2 Å². The quantitative estimate of drug-likeness (QED) is 0.825. The summed E-state index contributed by atoms with van der Waals surface area (Å²) in [5.74, 6) is 1.21. The van der Waals surface area contributed by atoms with Crippen LogP contribution in [0.25, 0.3) is 0 Å². The first kappa shape index (κ1) is 19.5. The van der Waals surface area contributed by atoms with Gasteiger partial charge in [-0.3, -0.25) is 4.79 Å². The van der Waals surface area contributed by atoms with Gasteiger partial charge in [0.2, 0.25) is 5.91 Å². The molecule has 27 heavy (non-hydrogen) atoms. The molecule has 148 valence electrons. The van der Waals surface area contributed by atoms with E-state index in [1.807, 2.05) is 36.1 Å². The fraction of sp³-hybridized carbons (Fsp3) is 0.619. The van der Waals surface area contributed by atoms with E-state index in [0.717, 1.165) is 37.1 Å². The smallest absolute Gasteiger partial charge is 0.321 e. The predicted molar refractivity (Wildman–Crippen MR) is 106 cm³/mol. The number of rotatable bonds is 5. The molecule has 1 aliphatic heterocycles. The second-order valence-electron chi connectivity index (χ2n) is 7.49. The molecule has 6 nitrogen and oxygen atoms in total. The van der Waals surface area contributed by atoms with E-state index in [1.165, 1.54) is 19.3 Å². The van der Waals surface area contributed by atoms with Gasteiger partial charge in [0, 0.05) is 30.7 Å². The first-order chi connectivity index (χ1) is 13.2. The summed E-state index contributed by atoms with van der Waals surface area (Å²) in [6, 6.07) is 7.50.